The topological polar surface area (TPSA) is 43.8 Å². The van der Waals surface area contributed by atoms with Gasteiger partial charge in [-0.15, -0.1) is 11.3 Å². The smallest absolute Gasteiger partial charge is 0.255 e. The van der Waals surface area contributed by atoms with Gasteiger partial charge in [-0.1, -0.05) is 18.2 Å². The van der Waals surface area contributed by atoms with Crippen molar-refractivity contribution in [1.29, 1.82) is 0 Å². The van der Waals surface area contributed by atoms with E-state index in [1.165, 1.54) is 0 Å². The fourth-order valence-corrected chi connectivity index (χ4v) is 4.33. The van der Waals surface area contributed by atoms with Crippen LogP contribution >= 0.6 is 11.3 Å². The number of amides is 1. The van der Waals surface area contributed by atoms with Gasteiger partial charge < -0.3 is 10.0 Å². The molecule has 0 bridgehead atoms. The van der Waals surface area contributed by atoms with Crippen molar-refractivity contribution < 1.29 is 9.90 Å². The Morgan fingerprint density at radius 1 is 1.27 bits per heavy atom. The summed E-state index contributed by atoms with van der Waals surface area (Å²) in [6.45, 7) is 6.51. The summed E-state index contributed by atoms with van der Waals surface area (Å²) < 4.78 is 1.16. The van der Waals surface area contributed by atoms with E-state index >= 15 is 0 Å². The van der Waals surface area contributed by atoms with E-state index in [1.54, 1.807) is 11.3 Å². The number of piperazine rings is 1. The molecule has 0 spiro atoms. The number of aliphatic hydroxyl groups is 1. The lowest BCUT2D eigenvalue weighted by Gasteiger charge is -2.44. The first-order chi connectivity index (χ1) is 10.6. The number of carbonyl (C=O) groups is 1. The van der Waals surface area contributed by atoms with Crippen LogP contribution in [0.4, 0.5) is 0 Å². The molecule has 2 atom stereocenters. The van der Waals surface area contributed by atoms with Crippen LogP contribution in [-0.4, -0.2) is 59.1 Å². The van der Waals surface area contributed by atoms with Crippen LogP contribution in [0.3, 0.4) is 0 Å². The lowest BCUT2D eigenvalue weighted by Crippen LogP contribution is -2.58. The van der Waals surface area contributed by atoms with E-state index in [0.717, 1.165) is 15.6 Å². The number of fused-ring (bicyclic) bond motifs is 1. The van der Waals surface area contributed by atoms with Gasteiger partial charge in [0.1, 0.15) is 0 Å². The third-order valence-corrected chi connectivity index (χ3v) is 5.42. The predicted octanol–water partition coefficient (Wildman–Crippen LogP) is 2.43. The first-order valence-electron chi connectivity index (χ1n) is 7.74. The van der Waals surface area contributed by atoms with E-state index in [2.05, 4.69) is 24.8 Å². The van der Waals surface area contributed by atoms with Crippen molar-refractivity contribution >= 4 is 27.3 Å². The van der Waals surface area contributed by atoms with Crippen molar-refractivity contribution in [3.05, 3.63) is 35.2 Å². The Labute approximate surface area is 135 Å². The standard InChI is InChI=1S/C17H22N2O2S/c1-12-9-18(10-13(2)19(12)7-8-20)17(21)15-11-22-16-6-4-3-5-14(15)16/h3-6,11-13,20H,7-10H2,1-2H3/t12-,13+. The number of nitrogens with zero attached hydrogens (tertiary/aromatic N) is 2. The maximum Gasteiger partial charge on any atom is 0.255 e. The number of rotatable bonds is 3. The minimum atomic E-state index is 0.125. The van der Waals surface area contributed by atoms with Crippen molar-refractivity contribution in [2.24, 2.45) is 0 Å². The minimum absolute atomic E-state index is 0.125. The van der Waals surface area contributed by atoms with Gasteiger partial charge in [0.2, 0.25) is 0 Å². The highest BCUT2D eigenvalue weighted by atomic mass is 32.1. The SMILES string of the molecule is C[C@@H]1CN(C(=O)c2csc3ccccc23)C[C@H](C)N1CCO. The molecule has 1 aliphatic heterocycles. The molecule has 0 unspecified atom stereocenters. The second-order valence-corrected chi connectivity index (χ2v) is 6.93. The molecule has 1 aromatic heterocycles. The van der Waals surface area contributed by atoms with E-state index in [9.17, 15) is 9.90 Å². The lowest BCUT2D eigenvalue weighted by molar-refractivity contribution is 0.0238. The van der Waals surface area contributed by atoms with Gasteiger partial charge in [0, 0.05) is 47.2 Å². The highest BCUT2D eigenvalue weighted by Crippen LogP contribution is 2.28. The third kappa shape index (κ3) is 2.76. The average Bonchev–Trinajstić information content (AvgIpc) is 2.94. The summed E-state index contributed by atoms with van der Waals surface area (Å²) in [7, 11) is 0. The summed E-state index contributed by atoms with van der Waals surface area (Å²) >= 11 is 1.63. The molecule has 3 rings (SSSR count). The second kappa shape index (κ2) is 6.36. The van der Waals surface area contributed by atoms with Gasteiger partial charge in [0.05, 0.1) is 12.2 Å². The molecule has 1 fully saturated rings. The number of carbonyl (C=O) groups excluding carboxylic acids is 1. The Bertz CT molecular complexity index is 657. The average molecular weight is 318 g/mol. The van der Waals surface area contributed by atoms with E-state index in [0.29, 0.717) is 19.6 Å². The molecule has 2 aromatic rings. The van der Waals surface area contributed by atoms with E-state index < -0.39 is 0 Å². The zero-order valence-corrected chi connectivity index (χ0v) is 13.8. The zero-order valence-electron chi connectivity index (χ0n) is 13.0. The monoisotopic (exact) mass is 318 g/mol. The molecule has 1 aromatic carbocycles. The predicted molar refractivity (Wildman–Crippen MR) is 90.4 cm³/mol. The van der Waals surface area contributed by atoms with E-state index in [4.69, 9.17) is 0 Å². The maximum atomic E-state index is 12.9. The molecule has 1 N–H and O–H groups in total. The molecule has 22 heavy (non-hydrogen) atoms. The number of thiophene rings is 1. The largest absolute Gasteiger partial charge is 0.395 e. The summed E-state index contributed by atoms with van der Waals surface area (Å²) in [4.78, 5) is 17.1. The molecule has 5 heteroatoms. The van der Waals surface area contributed by atoms with Crippen LogP contribution in [0.1, 0.15) is 24.2 Å². The molecule has 0 aliphatic carbocycles. The quantitative estimate of drug-likeness (QED) is 0.945. The number of β-amino-alcohol motifs (C(OH)–C–C–N with tert-alkyl or cyclic N) is 1. The van der Waals surface area contributed by atoms with Crippen LogP contribution in [-0.2, 0) is 0 Å². The molecule has 118 valence electrons. The van der Waals surface area contributed by atoms with Crippen molar-refractivity contribution in [3.8, 4) is 0 Å². The zero-order chi connectivity index (χ0) is 15.7. The normalized spacial score (nSPS) is 23.1. The van der Waals surface area contributed by atoms with Gasteiger partial charge in [-0.25, -0.2) is 0 Å². The number of hydrogen-bond donors (Lipinski definition) is 1. The van der Waals surface area contributed by atoms with Crippen LogP contribution in [0.15, 0.2) is 29.6 Å². The van der Waals surface area contributed by atoms with Gasteiger partial charge in [0.15, 0.2) is 0 Å². The molecule has 0 radical (unpaired) electrons. The molecule has 0 saturated carbocycles. The molecular weight excluding hydrogens is 296 g/mol. The summed E-state index contributed by atoms with van der Waals surface area (Å²) in [5.74, 6) is 0.125. The Hall–Kier alpha value is -1.43. The highest BCUT2D eigenvalue weighted by molar-refractivity contribution is 7.17. The molecular formula is C17H22N2O2S. The van der Waals surface area contributed by atoms with Crippen molar-refractivity contribution in [2.75, 3.05) is 26.2 Å². The van der Waals surface area contributed by atoms with Gasteiger partial charge in [-0.2, -0.15) is 0 Å². The molecule has 4 nitrogen and oxygen atoms in total. The van der Waals surface area contributed by atoms with Gasteiger partial charge in [-0.05, 0) is 19.9 Å². The summed E-state index contributed by atoms with van der Waals surface area (Å²) in [5.41, 5.74) is 0.815. The summed E-state index contributed by atoms with van der Waals surface area (Å²) in [5, 5.41) is 12.2. The van der Waals surface area contributed by atoms with Crippen molar-refractivity contribution in [3.63, 3.8) is 0 Å². The third-order valence-electron chi connectivity index (χ3n) is 4.46. The van der Waals surface area contributed by atoms with E-state index in [-0.39, 0.29) is 24.6 Å². The van der Waals surface area contributed by atoms with Crippen LogP contribution in [0, 0.1) is 0 Å². The molecule has 1 aliphatic rings. The summed E-state index contributed by atoms with van der Waals surface area (Å²) in [6, 6.07) is 8.60. The second-order valence-electron chi connectivity index (χ2n) is 6.02. The fourth-order valence-electron chi connectivity index (χ4n) is 3.39. The van der Waals surface area contributed by atoms with Crippen molar-refractivity contribution in [2.45, 2.75) is 25.9 Å². The Morgan fingerprint density at radius 3 is 2.64 bits per heavy atom. The Balaban J connectivity index is 1.81. The van der Waals surface area contributed by atoms with Crippen LogP contribution < -0.4 is 0 Å². The number of benzene rings is 1. The lowest BCUT2D eigenvalue weighted by atomic mass is 10.1. The van der Waals surface area contributed by atoms with Gasteiger partial charge >= 0.3 is 0 Å². The highest BCUT2D eigenvalue weighted by Gasteiger charge is 2.32. The molecule has 1 saturated heterocycles. The van der Waals surface area contributed by atoms with Crippen LogP contribution in [0.2, 0.25) is 0 Å². The van der Waals surface area contributed by atoms with Crippen LogP contribution in [0.25, 0.3) is 10.1 Å². The van der Waals surface area contributed by atoms with Crippen LogP contribution in [0.5, 0.6) is 0 Å². The first-order valence-corrected chi connectivity index (χ1v) is 8.62. The first kappa shape index (κ1) is 15.5. The minimum Gasteiger partial charge on any atom is -0.395 e. The van der Waals surface area contributed by atoms with E-state index in [1.807, 2.05) is 28.5 Å². The number of aliphatic hydroxyl groups excluding tert-OH is 1. The van der Waals surface area contributed by atoms with Gasteiger partial charge in [-0.3, -0.25) is 9.69 Å². The summed E-state index contributed by atoms with van der Waals surface area (Å²) in [6.07, 6.45) is 0. The Kier molecular flexibility index (Phi) is 4.47. The molecule has 1 amide bonds. The van der Waals surface area contributed by atoms with Crippen molar-refractivity contribution in [1.82, 2.24) is 9.80 Å². The van der Waals surface area contributed by atoms with Gasteiger partial charge in [0.25, 0.3) is 5.91 Å². The maximum absolute atomic E-state index is 12.9. The fraction of sp³-hybridized carbons (Fsp3) is 0.471. The number of hydrogen-bond acceptors (Lipinski definition) is 4. The Morgan fingerprint density at radius 2 is 1.95 bits per heavy atom. The molecule has 2 heterocycles.